The summed E-state index contributed by atoms with van der Waals surface area (Å²) >= 11 is 1.48. The van der Waals surface area contributed by atoms with E-state index >= 15 is 0 Å². The van der Waals surface area contributed by atoms with Crippen LogP contribution in [0.4, 0.5) is 4.79 Å². The first-order valence-corrected chi connectivity index (χ1v) is 24.6. The van der Waals surface area contributed by atoms with Crippen LogP contribution in [0, 0.1) is 11.3 Å². The van der Waals surface area contributed by atoms with Gasteiger partial charge < -0.3 is 25.0 Å². The van der Waals surface area contributed by atoms with E-state index in [9.17, 15) is 23.7 Å². The molecule has 5 fully saturated rings. The van der Waals surface area contributed by atoms with Crippen molar-refractivity contribution in [2.75, 3.05) is 6.54 Å². The van der Waals surface area contributed by atoms with Gasteiger partial charge in [0.2, 0.25) is 17.7 Å². The van der Waals surface area contributed by atoms with Gasteiger partial charge in [-0.3, -0.25) is 28.5 Å². The molecule has 5 aliphatic rings. The van der Waals surface area contributed by atoms with E-state index in [1.807, 2.05) is 62.5 Å². The first-order valence-electron chi connectivity index (χ1n) is 22.2. The number of nitrogens with zero attached hydrogens (tertiary/aromatic N) is 3. The van der Waals surface area contributed by atoms with Crippen molar-refractivity contribution in [3.63, 3.8) is 0 Å². The predicted molar refractivity (Wildman–Crippen MR) is 234 cm³/mol. The first-order chi connectivity index (χ1) is 29.7. The second kappa shape index (κ2) is 18.4. The number of carbonyl (C=O) groups is 4. The Labute approximate surface area is 367 Å². The van der Waals surface area contributed by atoms with Crippen molar-refractivity contribution in [3.8, 4) is 16.5 Å². The minimum absolute atomic E-state index is 0.0316. The van der Waals surface area contributed by atoms with Crippen LogP contribution in [0.2, 0.25) is 0 Å². The quantitative estimate of drug-likeness (QED) is 0.0992. The van der Waals surface area contributed by atoms with Gasteiger partial charge >= 0.3 is 13.8 Å². The molecule has 4 aliphatic carbocycles. The van der Waals surface area contributed by atoms with E-state index in [4.69, 9.17) is 28.5 Å². The lowest BCUT2D eigenvalue weighted by Crippen LogP contribution is -2.60. The van der Waals surface area contributed by atoms with Crippen LogP contribution in [0.5, 0.6) is 5.88 Å². The number of alkyl carbamates (subject to hydrolysis) is 1. The van der Waals surface area contributed by atoms with Gasteiger partial charge in [0.15, 0.2) is 0 Å². The monoisotopic (exact) mass is 890 g/mol. The molecule has 4 saturated carbocycles. The third kappa shape index (κ3) is 9.88. The van der Waals surface area contributed by atoms with Gasteiger partial charge in [-0.25, -0.2) is 19.3 Å². The van der Waals surface area contributed by atoms with Gasteiger partial charge in [0.05, 0.1) is 34.7 Å². The summed E-state index contributed by atoms with van der Waals surface area (Å²) in [5, 5.41) is 10.4. The predicted octanol–water partition coefficient (Wildman–Crippen LogP) is 7.99. The summed E-state index contributed by atoms with van der Waals surface area (Å²) in [6.45, 7) is 9.39. The molecule has 3 N–H and O–H groups in total. The van der Waals surface area contributed by atoms with E-state index in [0.29, 0.717) is 42.4 Å². The maximum Gasteiger partial charge on any atom is 0.435 e. The fourth-order valence-corrected chi connectivity index (χ4v) is 11.8. The summed E-state index contributed by atoms with van der Waals surface area (Å²) < 4.78 is 38.9. The zero-order valence-corrected chi connectivity index (χ0v) is 37.6. The van der Waals surface area contributed by atoms with Crippen molar-refractivity contribution in [1.29, 1.82) is 0 Å². The molecule has 1 aliphatic heterocycles. The molecule has 1 saturated heterocycles. The summed E-state index contributed by atoms with van der Waals surface area (Å²) in [6.07, 6.45) is 9.52. The Morgan fingerprint density at radius 1 is 0.887 bits per heavy atom. The van der Waals surface area contributed by atoms with Gasteiger partial charge in [0.25, 0.3) is 5.91 Å². The van der Waals surface area contributed by atoms with E-state index < -0.39 is 66.6 Å². The van der Waals surface area contributed by atoms with Gasteiger partial charge in [0.1, 0.15) is 35.5 Å². The Morgan fingerprint density at radius 3 is 2.06 bits per heavy atom. The maximum atomic E-state index is 14.9. The molecule has 4 amide bonds. The molecule has 1 unspecified atom stereocenters. The molecular weight excluding hydrogens is 832 g/mol. The van der Waals surface area contributed by atoms with Crippen molar-refractivity contribution >= 4 is 53.9 Å². The molecule has 17 heteroatoms. The Kier molecular flexibility index (Phi) is 13.1. The fraction of sp³-hybridized carbons (Fsp3) is 0.600. The van der Waals surface area contributed by atoms with Crippen LogP contribution in [0.3, 0.4) is 0 Å². The number of carbonyl (C=O) groups excluding carboxylic acids is 4. The molecule has 0 radical (unpaired) electrons. The highest BCUT2D eigenvalue weighted by Crippen LogP contribution is 2.53. The van der Waals surface area contributed by atoms with Crippen molar-refractivity contribution in [1.82, 2.24) is 30.6 Å². The highest BCUT2D eigenvalue weighted by molar-refractivity contribution is 7.52. The lowest BCUT2D eigenvalue weighted by atomic mass is 9.85. The Bertz CT molecular complexity index is 2160. The number of hydrogen-bond acceptors (Lipinski definition) is 12. The summed E-state index contributed by atoms with van der Waals surface area (Å²) in [5.41, 5.74) is -0.496. The lowest BCUT2D eigenvalue weighted by Gasteiger charge is -2.35. The molecule has 1 aromatic carbocycles. The van der Waals surface area contributed by atoms with Gasteiger partial charge in [-0.2, -0.15) is 0 Å². The van der Waals surface area contributed by atoms with Crippen LogP contribution in [0.15, 0.2) is 54.4 Å². The summed E-state index contributed by atoms with van der Waals surface area (Å²) in [4.78, 5) is 69.4. The lowest BCUT2D eigenvalue weighted by molar-refractivity contribution is -0.143. The van der Waals surface area contributed by atoms with Crippen LogP contribution in [-0.2, 0) is 32.7 Å². The molecule has 0 spiro atoms. The van der Waals surface area contributed by atoms with Crippen LogP contribution >= 0.6 is 19.1 Å². The van der Waals surface area contributed by atoms with Crippen LogP contribution < -0.4 is 20.5 Å². The number of likely N-dealkylation sites (tertiary alicyclic amines) is 1. The molecule has 334 valence electrons. The molecule has 8 rings (SSSR count). The zero-order valence-electron chi connectivity index (χ0n) is 35.8. The minimum Gasteiger partial charge on any atom is -0.471 e. The smallest absolute Gasteiger partial charge is 0.435 e. The topological polar surface area (TPSA) is 187 Å². The largest absolute Gasteiger partial charge is 0.471 e. The number of hydrogen-bond donors (Lipinski definition) is 3. The van der Waals surface area contributed by atoms with Crippen LogP contribution in [0.1, 0.15) is 111 Å². The average molecular weight is 891 g/mol. The molecule has 62 heavy (non-hydrogen) atoms. The molecule has 0 bridgehead atoms. The Balaban J connectivity index is 1.07. The maximum absolute atomic E-state index is 14.9. The number of para-hydroxylation sites is 2. The third-order valence-corrected chi connectivity index (χ3v) is 15.3. The number of thiophene rings is 1. The third-order valence-electron chi connectivity index (χ3n) is 12.8. The van der Waals surface area contributed by atoms with Crippen molar-refractivity contribution in [3.05, 3.63) is 54.4 Å². The highest BCUT2D eigenvalue weighted by Gasteiger charge is 2.62. The number of rotatable bonds is 15. The number of fused-ring (bicyclic) bond motifs is 1. The zero-order chi connectivity index (χ0) is 43.6. The van der Waals surface area contributed by atoms with Gasteiger partial charge in [-0.15, -0.1) is 17.9 Å². The Morgan fingerprint density at radius 2 is 1.50 bits per heavy atom. The van der Waals surface area contributed by atoms with E-state index in [-0.39, 0.29) is 43.6 Å². The minimum atomic E-state index is -4.15. The van der Waals surface area contributed by atoms with Crippen LogP contribution in [-0.4, -0.2) is 87.3 Å². The normalized spacial score (nSPS) is 25.1. The van der Waals surface area contributed by atoms with E-state index in [1.54, 1.807) is 6.08 Å². The number of ether oxygens (including phenoxy) is 2. The fourth-order valence-electron chi connectivity index (χ4n) is 9.32. The summed E-state index contributed by atoms with van der Waals surface area (Å²) in [6, 6.07) is 9.07. The number of nitrogens with one attached hydrogen (secondary N) is 3. The average Bonchev–Trinajstić information content (AvgIpc) is 4.01. The van der Waals surface area contributed by atoms with E-state index in [2.05, 4.69) is 22.3 Å². The SMILES string of the molecule is C=CC1C[C@]1(NC(=O)[C@@H]1C[C@@H](Oc2nc3ccccc3nc2-c2cccs2)CN1C(=O)[C@@H](NC(=O)OC1CCCC1)C(C)(C)C)C(=O)NP(=O)(OC1CCCC1)OC1CCCC1. The van der Waals surface area contributed by atoms with Crippen LogP contribution in [0.25, 0.3) is 21.6 Å². The molecular formula is C45H59N6O9PS. The summed E-state index contributed by atoms with van der Waals surface area (Å²) in [7, 11) is -4.15. The second-order valence-corrected chi connectivity index (χ2v) is 21.1. The molecule has 5 atom stereocenters. The van der Waals surface area contributed by atoms with Gasteiger partial charge in [0, 0.05) is 12.3 Å². The molecule has 3 aromatic rings. The van der Waals surface area contributed by atoms with Crippen molar-refractivity contribution < 1.29 is 42.3 Å². The van der Waals surface area contributed by atoms with Gasteiger partial charge in [-0.1, -0.05) is 70.7 Å². The standard InChI is InChI=1S/C45H59N6O9PS/c1-5-28-26-45(28,42(54)50-61(56,59-30-17-8-9-18-30)60-31-19-10-11-20-31)49-39(52)35-25-32(57-40-37(36-23-14-24-62-36)46-33-21-12-13-22-34(33)47-40)27-51(35)41(53)38(44(2,3)4)48-43(55)58-29-15-6-7-16-29/h5,12-14,21-24,28-32,35,38H,1,6-11,15-20,25-27H2,2-4H3,(H,48,55)(H,49,52)(H,50,54,56)/t28?,32-,35+,38-,45-/m1/s1. The second-order valence-electron chi connectivity index (χ2n) is 18.5. The summed E-state index contributed by atoms with van der Waals surface area (Å²) in [5.74, 6) is -2.07. The van der Waals surface area contributed by atoms with Crippen molar-refractivity contribution in [2.24, 2.45) is 11.3 Å². The number of amides is 4. The molecule has 2 aromatic heterocycles. The number of aromatic nitrogens is 2. The first kappa shape index (κ1) is 44.2. The van der Waals surface area contributed by atoms with Crippen molar-refractivity contribution in [2.45, 2.75) is 153 Å². The number of benzene rings is 1. The van der Waals surface area contributed by atoms with E-state index in [1.165, 1.54) is 16.2 Å². The molecule has 15 nitrogen and oxygen atoms in total. The highest BCUT2D eigenvalue weighted by atomic mass is 32.1. The molecule has 3 heterocycles. The van der Waals surface area contributed by atoms with E-state index in [0.717, 1.165) is 56.2 Å². The Hall–Kier alpha value is -4.37. The van der Waals surface area contributed by atoms with Gasteiger partial charge in [-0.05, 0) is 86.8 Å².